The molecule has 0 aliphatic carbocycles. The van der Waals surface area contributed by atoms with Crippen molar-refractivity contribution in [1.82, 2.24) is 0 Å². The summed E-state index contributed by atoms with van der Waals surface area (Å²) in [4.78, 5) is 10.8. The van der Waals surface area contributed by atoms with Crippen LogP contribution in [-0.2, 0) is 13.1 Å². The van der Waals surface area contributed by atoms with Crippen molar-refractivity contribution in [2.75, 3.05) is 0 Å². The lowest BCUT2D eigenvalue weighted by atomic mass is 10.2. The van der Waals surface area contributed by atoms with Gasteiger partial charge in [0.05, 0.1) is 12.0 Å². The number of aryl methyl sites for hydroxylation is 2. The molecule has 21 heavy (non-hydrogen) atoms. The molecule has 2 aromatic rings. The van der Waals surface area contributed by atoms with Gasteiger partial charge in [0.2, 0.25) is 5.69 Å². The topological polar surface area (TPSA) is 77.7 Å². The van der Waals surface area contributed by atoms with Crippen LogP contribution < -0.4 is 9.13 Å². The van der Waals surface area contributed by atoms with Gasteiger partial charge in [-0.15, -0.1) is 0 Å². The first kappa shape index (κ1) is 14.6. The van der Waals surface area contributed by atoms with Gasteiger partial charge in [0.1, 0.15) is 6.21 Å². The Kier molecular flexibility index (Phi) is 4.98. The van der Waals surface area contributed by atoms with Crippen LogP contribution in [-0.4, -0.2) is 22.5 Å². The summed E-state index contributed by atoms with van der Waals surface area (Å²) >= 11 is 0. The summed E-state index contributed by atoms with van der Waals surface area (Å²) in [6.07, 6.45) is 7.71. The molecule has 0 atom stereocenters. The van der Waals surface area contributed by atoms with Gasteiger partial charge in [-0.3, -0.25) is 0 Å². The van der Waals surface area contributed by atoms with Crippen molar-refractivity contribution < 1.29 is 24.2 Å². The summed E-state index contributed by atoms with van der Waals surface area (Å²) in [6.45, 7) is 1.55. The summed E-state index contributed by atoms with van der Waals surface area (Å²) in [5, 5.41) is 20.5. The quantitative estimate of drug-likeness (QED) is 0.358. The van der Waals surface area contributed by atoms with Crippen molar-refractivity contribution in [2.45, 2.75) is 19.5 Å². The van der Waals surface area contributed by atoms with Crippen LogP contribution in [0.3, 0.4) is 0 Å². The third-order valence-electron chi connectivity index (χ3n) is 3.12. The molecule has 0 spiro atoms. The molecule has 0 aromatic carbocycles. The summed E-state index contributed by atoms with van der Waals surface area (Å²) in [7, 11) is 0. The Hall–Kier alpha value is -2.76. The molecule has 2 aromatic heterocycles. The molecule has 0 saturated carbocycles. The van der Waals surface area contributed by atoms with Crippen molar-refractivity contribution in [3.63, 3.8) is 0 Å². The molecule has 0 radical (unpaired) electrons. The Morgan fingerprint density at radius 2 is 1.90 bits per heavy atom. The first-order valence-electron chi connectivity index (χ1n) is 6.59. The maximum atomic E-state index is 10.8. The summed E-state index contributed by atoms with van der Waals surface area (Å²) in [6, 6.07) is 8.84. The maximum Gasteiger partial charge on any atom is 0.336 e. The fraction of sp³-hybridized carbons (Fsp3) is 0.200. The predicted molar refractivity (Wildman–Crippen MR) is 74.2 cm³/mol. The number of rotatable bonds is 6. The molecule has 0 saturated heterocycles. The van der Waals surface area contributed by atoms with Crippen molar-refractivity contribution in [3.05, 3.63) is 60.2 Å². The van der Waals surface area contributed by atoms with Gasteiger partial charge in [-0.1, -0.05) is 5.16 Å². The lowest BCUT2D eigenvalue weighted by Gasteiger charge is -1.99. The van der Waals surface area contributed by atoms with Crippen molar-refractivity contribution in [3.8, 4) is 0 Å². The summed E-state index contributed by atoms with van der Waals surface area (Å²) in [5.74, 6) is -0.921. The second kappa shape index (κ2) is 7.14. The normalized spacial score (nSPS) is 10.9. The maximum absolute atomic E-state index is 10.8. The van der Waals surface area contributed by atoms with E-state index in [-0.39, 0.29) is 5.56 Å². The van der Waals surface area contributed by atoms with Gasteiger partial charge >= 0.3 is 5.97 Å². The van der Waals surface area contributed by atoms with Gasteiger partial charge < -0.3 is 10.3 Å². The van der Waals surface area contributed by atoms with Crippen LogP contribution in [0.1, 0.15) is 22.5 Å². The molecule has 0 aliphatic rings. The Labute approximate surface area is 122 Å². The number of hydrogen-bond acceptors (Lipinski definition) is 3. The number of carboxylic acid groups (broad SMARTS) is 1. The van der Waals surface area contributed by atoms with E-state index in [0.29, 0.717) is 0 Å². The van der Waals surface area contributed by atoms with Crippen LogP contribution in [0.15, 0.2) is 54.1 Å². The zero-order valence-corrected chi connectivity index (χ0v) is 11.5. The fourth-order valence-electron chi connectivity index (χ4n) is 2.04. The molecule has 6 heteroatoms. The molecule has 6 nitrogen and oxygen atoms in total. The molecule has 2 rings (SSSR count). The van der Waals surface area contributed by atoms with E-state index in [9.17, 15) is 4.79 Å². The van der Waals surface area contributed by atoms with E-state index in [1.807, 2.05) is 33.5 Å². The molecular weight excluding hydrogens is 270 g/mol. The monoisotopic (exact) mass is 287 g/mol. The fourth-order valence-corrected chi connectivity index (χ4v) is 2.04. The van der Waals surface area contributed by atoms with E-state index in [1.165, 1.54) is 6.21 Å². The van der Waals surface area contributed by atoms with Crippen molar-refractivity contribution in [1.29, 1.82) is 0 Å². The van der Waals surface area contributed by atoms with Crippen LogP contribution in [0.4, 0.5) is 0 Å². The lowest BCUT2D eigenvalue weighted by Crippen LogP contribution is -2.41. The molecule has 0 bridgehead atoms. The van der Waals surface area contributed by atoms with E-state index in [0.717, 1.165) is 25.2 Å². The van der Waals surface area contributed by atoms with E-state index in [1.54, 1.807) is 24.5 Å². The van der Waals surface area contributed by atoms with Crippen LogP contribution in [0.5, 0.6) is 0 Å². The van der Waals surface area contributed by atoms with Gasteiger partial charge in [0, 0.05) is 24.3 Å². The highest BCUT2D eigenvalue weighted by Crippen LogP contribution is 1.95. The third-order valence-corrected chi connectivity index (χ3v) is 3.12. The number of oxime groups is 1. The highest BCUT2D eigenvalue weighted by atomic mass is 16.4. The molecular formula is C15H17N3O3+2. The Morgan fingerprint density at radius 3 is 2.57 bits per heavy atom. The van der Waals surface area contributed by atoms with Crippen LogP contribution in [0, 0.1) is 0 Å². The molecule has 2 N–H and O–H groups in total. The van der Waals surface area contributed by atoms with Gasteiger partial charge in [-0.2, -0.15) is 4.57 Å². The van der Waals surface area contributed by atoms with Crippen molar-refractivity contribution >= 4 is 12.2 Å². The number of carbonyl (C=O) groups is 1. The SMILES string of the molecule is O=C(O)c1cc[n+](CCC[n+]2ccccc2C=NO)cc1. The predicted octanol–water partition coefficient (Wildman–Crippen LogP) is 0.858. The number of aromatic carboxylic acids is 1. The Balaban J connectivity index is 1.94. The first-order valence-corrected chi connectivity index (χ1v) is 6.59. The number of nitrogens with zero attached hydrogens (tertiary/aromatic N) is 3. The summed E-state index contributed by atoms with van der Waals surface area (Å²) < 4.78 is 3.93. The first-order chi connectivity index (χ1) is 10.2. The number of aromatic nitrogens is 2. The molecule has 108 valence electrons. The van der Waals surface area contributed by atoms with E-state index in [2.05, 4.69) is 5.16 Å². The molecule has 0 amide bonds. The Morgan fingerprint density at radius 1 is 1.14 bits per heavy atom. The average molecular weight is 287 g/mol. The van der Waals surface area contributed by atoms with Gasteiger partial charge in [-0.25, -0.2) is 9.36 Å². The molecule has 0 unspecified atom stereocenters. The number of carboxylic acids is 1. The third kappa shape index (κ3) is 4.10. The van der Waals surface area contributed by atoms with E-state index in [4.69, 9.17) is 10.3 Å². The lowest BCUT2D eigenvalue weighted by molar-refractivity contribution is -0.727. The zero-order valence-electron chi connectivity index (χ0n) is 11.5. The van der Waals surface area contributed by atoms with E-state index >= 15 is 0 Å². The highest BCUT2D eigenvalue weighted by molar-refractivity contribution is 5.87. The van der Waals surface area contributed by atoms with Gasteiger partial charge in [0.15, 0.2) is 31.7 Å². The molecule has 0 fully saturated rings. The largest absolute Gasteiger partial charge is 0.478 e. The van der Waals surface area contributed by atoms with Gasteiger partial charge in [-0.05, 0) is 6.07 Å². The highest BCUT2D eigenvalue weighted by Gasteiger charge is 2.10. The number of hydrogen-bond donors (Lipinski definition) is 2. The number of pyridine rings is 2. The van der Waals surface area contributed by atoms with E-state index < -0.39 is 5.97 Å². The molecule has 2 heterocycles. The second-order valence-electron chi connectivity index (χ2n) is 4.55. The van der Waals surface area contributed by atoms with Crippen molar-refractivity contribution in [2.24, 2.45) is 5.16 Å². The summed E-state index contributed by atoms with van der Waals surface area (Å²) in [5.41, 5.74) is 1.11. The smallest absolute Gasteiger partial charge is 0.336 e. The minimum absolute atomic E-state index is 0.283. The van der Waals surface area contributed by atoms with Gasteiger partial charge in [0.25, 0.3) is 0 Å². The average Bonchev–Trinajstić information content (AvgIpc) is 2.50. The standard InChI is InChI=1S/C15H15N3O3/c19-15(20)13-5-10-17(11-6-13)7-3-9-18-8-2-1-4-14(18)12-16-21/h1-2,4-6,8,10-12H,3,7,9H2/p+2. The zero-order chi connectivity index (χ0) is 15.1. The second-order valence-corrected chi connectivity index (χ2v) is 4.55. The van der Waals surface area contributed by atoms with Crippen LogP contribution in [0.25, 0.3) is 0 Å². The van der Waals surface area contributed by atoms with Crippen LogP contribution in [0.2, 0.25) is 0 Å². The van der Waals surface area contributed by atoms with Crippen LogP contribution >= 0.6 is 0 Å². The minimum atomic E-state index is -0.921. The molecule has 0 aliphatic heterocycles. The Bertz CT molecular complexity index is 639. The minimum Gasteiger partial charge on any atom is -0.478 e.